The van der Waals surface area contributed by atoms with Crippen molar-refractivity contribution in [2.45, 2.75) is 19.8 Å². The largest absolute Gasteiger partial charge is 0.107 e. The average Bonchev–Trinajstić information content (AvgIpc) is 1.61. The maximum atomic E-state index is 5.11. The van der Waals surface area contributed by atoms with E-state index in [4.69, 9.17) is 6.92 Å². The highest BCUT2D eigenvalue weighted by molar-refractivity contribution is 4.94. The Balaban J connectivity index is 2.79. The van der Waals surface area contributed by atoms with Crippen molar-refractivity contribution in [1.29, 1.82) is 0 Å². The molecule has 6 heavy (non-hydrogen) atoms. The molecule has 32 valence electrons. The summed E-state index contributed by atoms with van der Waals surface area (Å²) in [6, 6.07) is 0. The number of hydrogen-bond donors (Lipinski definition) is 0. The lowest BCUT2D eigenvalue weighted by Gasteiger charge is -1.71. The molecule has 0 saturated carbocycles. The van der Waals surface area contributed by atoms with E-state index < -0.39 is 0 Å². The van der Waals surface area contributed by atoms with E-state index in [1.165, 1.54) is 0 Å². The highest BCUT2D eigenvalue weighted by Crippen LogP contribution is 1.78. The Bertz CT molecular complexity index is 61.8. The summed E-state index contributed by atoms with van der Waals surface area (Å²) in [7, 11) is 0. The lowest BCUT2D eigenvalue weighted by atomic mass is 10.3. The molecule has 0 saturated heterocycles. The van der Waals surface area contributed by atoms with Gasteiger partial charge in [0.25, 0.3) is 0 Å². The molecule has 0 aromatic rings. The van der Waals surface area contributed by atoms with Gasteiger partial charge in [-0.3, -0.25) is 0 Å². The lowest BCUT2D eigenvalue weighted by molar-refractivity contribution is 1.08. The van der Waals surface area contributed by atoms with Crippen LogP contribution in [0.1, 0.15) is 19.8 Å². The van der Waals surface area contributed by atoms with Gasteiger partial charge in [0, 0.05) is 6.42 Å². The Kier molecular flexibility index (Phi) is 4.23. The van der Waals surface area contributed by atoms with Crippen LogP contribution in [0.3, 0.4) is 0 Å². The predicted octanol–water partition coefficient (Wildman–Crippen LogP) is 1.50. The highest BCUT2D eigenvalue weighted by Gasteiger charge is 1.64. The zero-order valence-corrected chi connectivity index (χ0v) is 3.99. The molecule has 0 bridgehead atoms. The van der Waals surface area contributed by atoms with Crippen LogP contribution in [0.25, 0.3) is 0 Å². The molecule has 0 rings (SSSR count). The predicted molar refractivity (Wildman–Crippen MR) is 27.0 cm³/mol. The molecule has 0 heteroatoms. The van der Waals surface area contributed by atoms with Crippen molar-refractivity contribution in [3.63, 3.8) is 0 Å². The van der Waals surface area contributed by atoms with Crippen LogP contribution < -0.4 is 0 Å². The summed E-state index contributed by atoms with van der Waals surface area (Å²) in [5.41, 5.74) is 0. The molecule has 0 aliphatic rings. The number of hydrogen-bond acceptors (Lipinski definition) is 0. The first-order valence-electron chi connectivity index (χ1n) is 2.01. The standard InChI is InChI=1S/C6H8/c1-3-5-6-4-2/h1H,3,5H2,2H3. The van der Waals surface area contributed by atoms with Crippen LogP contribution in [0.15, 0.2) is 0 Å². The van der Waals surface area contributed by atoms with Crippen molar-refractivity contribution >= 4 is 0 Å². The van der Waals surface area contributed by atoms with Gasteiger partial charge in [0.15, 0.2) is 0 Å². The van der Waals surface area contributed by atoms with Crippen LogP contribution in [-0.2, 0) is 0 Å². The molecule has 0 spiro atoms. The normalized spacial score (nSPS) is 6.33. The van der Waals surface area contributed by atoms with Gasteiger partial charge in [0.05, 0.1) is 0 Å². The zero-order chi connectivity index (χ0) is 4.83. The molecular formula is C6H8. The van der Waals surface area contributed by atoms with Crippen LogP contribution >= 0.6 is 0 Å². The van der Waals surface area contributed by atoms with Crippen molar-refractivity contribution in [3.05, 3.63) is 6.92 Å². The van der Waals surface area contributed by atoms with Gasteiger partial charge in [-0.25, -0.2) is 0 Å². The van der Waals surface area contributed by atoms with Gasteiger partial charge in [0.1, 0.15) is 0 Å². The quantitative estimate of drug-likeness (QED) is 0.419. The summed E-state index contributed by atoms with van der Waals surface area (Å²) in [6.07, 6.45) is 1.51. The van der Waals surface area contributed by atoms with E-state index in [-0.39, 0.29) is 0 Å². The molecule has 0 aromatic heterocycles. The molecule has 0 atom stereocenters. The topological polar surface area (TPSA) is 0 Å². The van der Waals surface area contributed by atoms with Gasteiger partial charge in [-0.1, -0.05) is 0 Å². The molecule has 0 aliphatic heterocycles. The first kappa shape index (κ1) is 5.56. The van der Waals surface area contributed by atoms with E-state index in [9.17, 15) is 0 Å². The summed E-state index contributed by atoms with van der Waals surface area (Å²) in [5.74, 6) is 5.56. The Hall–Kier alpha value is -0.440. The van der Waals surface area contributed by atoms with E-state index in [0.29, 0.717) is 6.42 Å². The van der Waals surface area contributed by atoms with Crippen molar-refractivity contribution in [2.75, 3.05) is 0 Å². The van der Waals surface area contributed by atoms with E-state index >= 15 is 0 Å². The third-order valence-corrected chi connectivity index (χ3v) is 0.446. The summed E-state index contributed by atoms with van der Waals surface area (Å²) in [6.45, 7) is 6.93. The number of unbranched alkanes of at least 4 members (excludes halogenated alkanes) is 1. The summed E-state index contributed by atoms with van der Waals surface area (Å²) in [5, 5.41) is 0. The second-order valence-corrected chi connectivity index (χ2v) is 0.965. The second kappa shape index (κ2) is 4.56. The smallest absolute Gasteiger partial charge is 0.00914 e. The van der Waals surface area contributed by atoms with Crippen molar-refractivity contribution in [3.8, 4) is 11.8 Å². The lowest BCUT2D eigenvalue weighted by Crippen LogP contribution is -1.57. The molecule has 2 radical (unpaired) electrons. The molecule has 0 aliphatic carbocycles. The maximum absolute atomic E-state index is 5.11. The molecular weight excluding hydrogens is 72.1 g/mol. The number of rotatable bonds is 1. The minimum atomic E-state index is 0.681. The van der Waals surface area contributed by atoms with Gasteiger partial charge in [0.2, 0.25) is 0 Å². The van der Waals surface area contributed by atoms with Gasteiger partial charge >= 0.3 is 0 Å². The van der Waals surface area contributed by atoms with Crippen LogP contribution in [0, 0.1) is 18.8 Å². The maximum Gasteiger partial charge on any atom is 0.00914 e. The Morgan fingerprint density at radius 3 is 2.50 bits per heavy atom. The Labute approximate surface area is 39.6 Å². The minimum absolute atomic E-state index is 0.681. The van der Waals surface area contributed by atoms with Gasteiger partial charge in [-0.2, -0.15) is 0 Å². The molecule has 0 heterocycles. The monoisotopic (exact) mass is 80.1 g/mol. The van der Waals surface area contributed by atoms with Crippen LogP contribution in [0.2, 0.25) is 0 Å². The van der Waals surface area contributed by atoms with E-state index in [2.05, 4.69) is 11.8 Å². The van der Waals surface area contributed by atoms with Crippen LogP contribution in [-0.4, -0.2) is 0 Å². The zero-order valence-electron chi connectivity index (χ0n) is 3.99. The van der Waals surface area contributed by atoms with Gasteiger partial charge < -0.3 is 0 Å². The fraction of sp³-hybridized carbons (Fsp3) is 0.500. The first-order chi connectivity index (χ1) is 2.91. The van der Waals surface area contributed by atoms with Crippen molar-refractivity contribution in [1.82, 2.24) is 0 Å². The average molecular weight is 80.1 g/mol. The summed E-state index contributed by atoms with van der Waals surface area (Å²) in [4.78, 5) is 0. The van der Waals surface area contributed by atoms with Crippen LogP contribution in [0.5, 0.6) is 0 Å². The third kappa shape index (κ3) is 3.56. The summed E-state index contributed by atoms with van der Waals surface area (Å²) >= 11 is 0. The molecule has 0 nitrogen and oxygen atoms in total. The summed E-state index contributed by atoms with van der Waals surface area (Å²) < 4.78 is 0. The molecule has 0 unspecified atom stereocenters. The molecule has 0 N–H and O–H groups in total. The first-order valence-corrected chi connectivity index (χ1v) is 2.01. The molecule has 0 fully saturated rings. The van der Waals surface area contributed by atoms with Crippen LogP contribution in [0.4, 0.5) is 0 Å². The fourth-order valence-corrected chi connectivity index (χ4v) is 0.197. The van der Waals surface area contributed by atoms with E-state index in [0.717, 1.165) is 6.42 Å². The van der Waals surface area contributed by atoms with E-state index in [1.807, 2.05) is 6.92 Å². The van der Waals surface area contributed by atoms with Gasteiger partial charge in [-0.15, -0.1) is 11.8 Å². The van der Waals surface area contributed by atoms with Gasteiger partial charge in [-0.05, 0) is 20.3 Å². The highest BCUT2D eigenvalue weighted by atomic mass is 13.7. The SMILES string of the molecule is [CH]CCC#CC. The Morgan fingerprint density at radius 2 is 2.33 bits per heavy atom. The minimum Gasteiger partial charge on any atom is -0.107 e. The third-order valence-electron chi connectivity index (χ3n) is 0.446. The molecule has 0 aromatic carbocycles. The van der Waals surface area contributed by atoms with Crippen molar-refractivity contribution in [2.24, 2.45) is 0 Å². The van der Waals surface area contributed by atoms with Crippen molar-refractivity contribution < 1.29 is 0 Å². The fourth-order valence-electron chi connectivity index (χ4n) is 0.197. The Morgan fingerprint density at radius 1 is 1.67 bits per heavy atom. The molecule has 0 amide bonds. The second-order valence-electron chi connectivity index (χ2n) is 0.965. The van der Waals surface area contributed by atoms with E-state index in [1.54, 1.807) is 0 Å².